The van der Waals surface area contributed by atoms with Gasteiger partial charge in [-0.1, -0.05) is 18.9 Å². The third kappa shape index (κ3) is 3.86. The number of carbonyl (C=O) groups is 1. The lowest BCUT2D eigenvalue weighted by Gasteiger charge is -2.50. The lowest BCUT2D eigenvalue weighted by molar-refractivity contribution is -0.170. The Morgan fingerprint density at radius 1 is 1.31 bits per heavy atom. The normalized spacial score (nSPS) is 24.8. The van der Waals surface area contributed by atoms with Gasteiger partial charge in [0, 0.05) is 19.3 Å². The Kier molecular flexibility index (Phi) is 5.41. The first kappa shape index (κ1) is 17.7. The van der Waals surface area contributed by atoms with Crippen molar-refractivity contribution in [1.29, 1.82) is 0 Å². The van der Waals surface area contributed by atoms with Gasteiger partial charge in [-0.25, -0.2) is 4.98 Å². The van der Waals surface area contributed by atoms with E-state index in [4.69, 9.17) is 9.47 Å². The van der Waals surface area contributed by atoms with Gasteiger partial charge in [0.1, 0.15) is 18.0 Å². The fraction of sp³-hybridized carbons (Fsp3) is 0.700. The molecule has 1 atom stereocenters. The van der Waals surface area contributed by atoms with Crippen molar-refractivity contribution in [3.63, 3.8) is 0 Å². The van der Waals surface area contributed by atoms with Crippen molar-refractivity contribution < 1.29 is 14.3 Å². The van der Waals surface area contributed by atoms with E-state index in [9.17, 15) is 4.79 Å². The molecule has 0 unspecified atom stereocenters. The van der Waals surface area contributed by atoms with Crippen molar-refractivity contribution in [2.24, 2.45) is 5.92 Å². The predicted molar refractivity (Wildman–Crippen MR) is 98.9 cm³/mol. The molecule has 0 aromatic carbocycles. The molecule has 1 N–H and O–H groups in total. The van der Waals surface area contributed by atoms with Gasteiger partial charge in [-0.15, -0.1) is 0 Å². The number of rotatable bonds is 7. The summed E-state index contributed by atoms with van der Waals surface area (Å²) in [6.45, 7) is 3.34. The van der Waals surface area contributed by atoms with E-state index in [2.05, 4.69) is 10.3 Å². The minimum absolute atomic E-state index is 0.114. The maximum absolute atomic E-state index is 12.4. The molecule has 0 radical (unpaired) electrons. The molecule has 6 heteroatoms. The Labute approximate surface area is 155 Å². The van der Waals surface area contributed by atoms with Crippen LogP contribution in [0.1, 0.15) is 38.5 Å². The zero-order valence-electron chi connectivity index (χ0n) is 15.4. The summed E-state index contributed by atoms with van der Waals surface area (Å²) >= 11 is 0. The first-order chi connectivity index (χ1) is 12.8. The maximum Gasteiger partial charge on any atom is 0.248 e. The van der Waals surface area contributed by atoms with Crippen LogP contribution in [0.25, 0.3) is 0 Å². The molecule has 3 heterocycles. The summed E-state index contributed by atoms with van der Waals surface area (Å²) in [5.74, 6) is 1.52. The average Bonchev–Trinajstić information content (AvgIpc) is 3.29. The predicted octanol–water partition coefficient (Wildman–Crippen LogP) is 2.46. The zero-order chi connectivity index (χ0) is 17.8. The van der Waals surface area contributed by atoms with Gasteiger partial charge in [-0.2, -0.15) is 0 Å². The van der Waals surface area contributed by atoms with Crippen molar-refractivity contribution in [2.45, 2.75) is 50.2 Å². The van der Waals surface area contributed by atoms with Crippen LogP contribution in [0.2, 0.25) is 0 Å². The van der Waals surface area contributed by atoms with E-state index in [1.54, 1.807) is 6.20 Å². The van der Waals surface area contributed by atoms with Gasteiger partial charge in [0.2, 0.25) is 5.91 Å². The van der Waals surface area contributed by atoms with Crippen LogP contribution >= 0.6 is 0 Å². The first-order valence-electron chi connectivity index (χ1n) is 9.93. The van der Waals surface area contributed by atoms with Gasteiger partial charge >= 0.3 is 0 Å². The number of carbonyl (C=O) groups excluding carboxylic acids is 1. The summed E-state index contributed by atoms with van der Waals surface area (Å²) in [5.41, 5.74) is -0.130. The van der Waals surface area contributed by atoms with E-state index in [0.717, 1.165) is 44.7 Å². The Hall–Kier alpha value is -1.66. The number of anilines is 1. The maximum atomic E-state index is 12.4. The molecule has 1 aliphatic carbocycles. The largest absolute Gasteiger partial charge is 0.371 e. The molecule has 2 saturated heterocycles. The van der Waals surface area contributed by atoms with E-state index in [0.29, 0.717) is 25.1 Å². The Balaban J connectivity index is 1.20. The minimum Gasteiger partial charge on any atom is -0.371 e. The lowest BCUT2D eigenvalue weighted by Crippen LogP contribution is -2.66. The summed E-state index contributed by atoms with van der Waals surface area (Å²) in [6, 6.07) is 5.88. The average molecular weight is 359 g/mol. The van der Waals surface area contributed by atoms with Crippen molar-refractivity contribution in [3.05, 3.63) is 24.4 Å². The molecule has 4 rings (SSSR count). The van der Waals surface area contributed by atoms with E-state index in [1.165, 1.54) is 12.8 Å². The molecule has 1 aromatic rings. The molecular weight excluding hydrogens is 330 g/mol. The Morgan fingerprint density at radius 2 is 2.15 bits per heavy atom. The third-order valence-electron chi connectivity index (χ3n) is 6.08. The van der Waals surface area contributed by atoms with Gasteiger partial charge in [-0.05, 0) is 43.7 Å². The van der Waals surface area contributed by atoms with Gasteiger partial charge in [0.05, 0.1) is 19.2 Å². The van der Waals surface area contributed by atoms with E-state index < -0.39 is 0 Å². The number of likely N-dealkylation sites (tertiary alicyclic amines) is 1. The monoisotopic (exact) mass is 359 g/mol. The summed E-state index contributed by atoms with van der Waals surface area (Å²) in [5, 5.41) is 3.38. The second-order valence-corrected chi connectivity index (χ2v) is 7.80. The zero-order valence-corrected chi connectivity index (χ0v) is 15.4. The lowest BCUT2D eigenvalue weighted by atomic mass is 9.79. The highest BCUT2D eigenvalue weighted by Gasteiger charge is 2.53. The van der Waals surface area contributed by atoms with Crippen LogP contribution in [-0.4, -0.2) is 60.3 Å². The van der Waals surface area contributed by atoms with Crippen LogP contribution in [0.15, 0.2) is 24.4 Å². The highest BCUT2D eigenvalue weighted by molar-refractivity contribution is 5.78. The summed E-state index contributed by atoms with van der Waals surface area (Å²) in [7, 11) is 0. The summed E-state index contributed by atoms with van der Waals surface area (Å²) in [4.78, 5) is 18.5. The number of nitrogens with one attached hydrogen (secondary N) is 1. The molecule has 3 fully saturated rings. The molecular formula is C20H29N3O3. The molecule has 1 saturated carbocycles. The highest BCUT2D eigenvalue weighted by atomic mass is 16.5. The Bertz CT molecular complexity index is 598. The van der Waals surface area contributed by atoms with Crippen molar-refractivity contribution in [3.8, 4) is 0 Å². The van der Waals surface area contributed by atoms with Crippen LogP contribution < -0.4 is 5.32 Å². The van der Waals surface area contributed by atoms with Crippen molar-refractivity contribution in [1.82, 2.24) is 9.88 Å². The molecule has 26 heavy (non-hydrogen) atoms. The fourth-order valence-electron chi connectivity index (χ4n) is 4.50. The first-order valence-corrected chi connectivity index (χ1v) is 9.93. The van der Waals surface area contributed by atoms with Gasteiger partial charge < -0.3 is 19.7 Å². The topological polar surface area (TPSA) is 63.7 Å². The second kappa shape index (κ2) is 7.92. The van der Waals surface area contributed by atoms with Crippen LogP contribution in [-0.2, 0) is 14.3 Å². The van der Waals surface area contributed by atoms with E-state index >= 15 is 0 Å². The fourth-order valence-corrected chi connectivity index (χ4v) is 4.50. The SMILES string of the molecule is O=C(COC1CCCC1)N1CC2(C1)OCC[C@H]2CCNc1ccccn1. The molecule has 1 aromatic heterocycles. The van der Waals surface area contributed by atoms with Crippen LogP contribution in [0.5, 0.6) is 0 Å². The van der Waals surface area contributed by atoms with Gasteiger partial charge in [-0.3, -0.25) is 4.79 Å². The number of pyridine rings is 1. The molecule has 2 aliphatic heterocycles. The molecule has 1 amide bonds. The molecule has 6 nitrogen and oxygen atoms in total. The van der Waals surface area contributed by atoms with Crippen LogP contribution in [0, 0.1) is 5.92 Å². The molecule has 1 spiro atoms. The van der Waals surface area contributed by atoms with Crippen LogP contribution in [0.3, 0.4) is 0 Å². The smallest absolute Gasteiger partial charge is 0.248 e. The molecule has 142 valence electrons. The highest BCUT2D eigenvalue weighted by Crippen LogP contribution is 2.41. The standard InChI is InChI=1S/C20H29N3O3/c24-19(13-25-17-5-1-2-6-17)23-14-20(15-23)16(9-12-26-20)8-11-22-18-7-3-4-10-21-18/h3-4,7,10,16-17H,1-2,5-6,8-9,11-15H2,(H,21,22)/t16-/m1/s1. The van der Waals surface area contributed by atoms with E-state index in [1.807, 2.05) is 23.1 Å². The summed E-state index contributed by atoms with van der Waals surface area (Å²) < 4.78 is 11.8. The quantitative estimate of drug-likeness (QED) is 0.810. The van der Waals surface area contributed by atoms with Crippen LogP contribution in [0.4, 0.5) is 5.82 Å². The second-order valence-electron chi connectivity index (χ2n) is 7.80. The molecule has 0 bridgehead atoms. The minimum atomic E-state index is -0.130. The number of amides is 1. The number of nitrogens with zero attached hydrogens (tertiary/aromatic N) is 2. The number of hydrogen-bond donors (Lipinski definition) is 1. The van der Waals surface area contributed by atoms with Gasteiger partial charge in [0.15, 0.2) is 0 Å². The Morgan fingerprint density at radius 3 is 2.92 bits per heavy atom. The molecule has 3 aliphatic rings. The number of hydrogen-bond acceptors (Lipinski definition) is 5. The number of ether oxygens (including phenoxy) is 2. The van der Waals surface area contributed by atoms with Gasteiger partial charge in [0.25, 0.3) is 0 Å². The van der Waals surface area contributed by atoms with Crippen molar-refractivity contribution in [2.75, 3.05) is 38.2 Å². The summed E-state index contributed by atoms with van der Waals surface area (Å²) in [6.07, 6.45) is 8.87. The third-order valence-corrected chi connectivity index (χ3v) is 6.08. The number of aromatic nitrogens is 1. The van der Waals surface area contributed by atoms with E-state index in [-0.39, 0.29) is 18.1 Å². The van der Waals surface area contributed by atoms with Crippen molar-refractivity contribution >= 4 is 11.7 Å².